The molecule has 2 aromatic carbocycles. The largest absolute Gasteiger partial charge is 0.496 e. The molecule has 3 aromatic rings. The van der Waals surface area contributed by atoms with E-state index in [2.05, 4.69) is 46.1 Å². The average molecular weight is 449 g/mol. The van der Waals surface area contributed by atoms with Crippen molar-refractivity contribution in [1.29, 1.82) is 0 Å². The topological polar surface area (TPSA) is 96.6 Å². The fourth-order valence-corrected chi connectivity index (χ4v) is 4.31. The van der Waals surface area contributed by atoms with Crippen molar-refractivity contribution in [2.24, 2.45) is 5.73 Å². The lowest BCUT2D eigenvalue weighted by atomic mass is 9.99. The van der Waals surface area contributed by atoms with Gasteiger partial charge in [0, 0.05) is 61.2 Å². The molecule has 3 N–H and O–H groups in total. The molecule has 1 aromatic heterocycles. The molecule has 1 fully saturated rings. The number of aldehydes is 1. The zero-order valence-electron chi connectivity index (χ0n) is 19.5. The fraction of sp³-hybridized carbons (Fsp3) is 0.400. The third-order valence-corrected chi connectivity index (χ3v) is 6.05. The zero-order chi connectivity index (χ0) is 23.4. The van der Waals surface area contributed by atoms with E-state index in [0.717, 1.165) is 60.4 Å². The number of rotatable bonds is 8. The standard InChI is InChI=1S/C25H32N6O2/c1-17(2)23-22(33-3)9-4-18-14-27-25(29-24(18)23)28-20-5-7-21(8-6-20)31-12-10-30(11-13-31)15-19(26)16-32/h4-9,14,16-17,19H,10-13,15,26H2,1-3H3,(H,27,28,29). The Morgan fingerprint density at radius 1 is 1.12 bits per heavy atom. The summed E-state index contributed by atoms with van der Waals surface area (Å²) < 4.78 is 5.56. The second-order valence-electron chi connectivity index (χ2n) is 8.73. The van der Waals surface area contributed by atoms with Gasteiger partial charge in [0.25, 0.3) is 0 Å². The minimum atomic E-state index is -0.406. The molecular formula is C25H32N6O2. The van der Waals surface area contributed by atoms with Crippen LogP contribution >= 0.6 is 0 Å². The number of hydrogen-bond donors (Lipinski definition) is 2. The number of nitrogens with two attached hydrogens (primary N) is 1. The van der Waals surface area contributed by atoms with Crippen LogP contribution in [-0.4, -0.2) is 67.0 Å². The lowest BCUT2D eigenvalue weighted by Crippen LogP contribution is -2.50. The number of nitrogens with zero attached hydrogens (tertiary/aromatic N) is 4. The number of ether oxygens (including phenoxy) is 1. The number of nitrogens with one attached hydrogen (secondary N) is 1. The molecule has 0 amide bonds. The molecule has 1 unspecified atom stereocenters. The van der Waals surface area contributed by atoms with Crippen LogP contribution in [0.1, 0.15) is 25.3 Å². The van der Waals surface area contributed by atoms with Crippen LogP contribution in [0.4, 0.5) is 17.3 Å². The normalized spacial score (nSPS) is 15.6. The summed E-state index contributed by atoms with van der Waals surface area (Å²) in [5, 5.41) is 4.32. The van der Waals surface area contributed by atoms with Crippen molar-refractivity contribution in [1.82, 2.24) is 14.9 Å². The van der Waals surface area contributed by atoms with E-state index in [1.54, 1.807) is 7.11 Å². The number of carbonyl (C=O) groups excluding carboxylic acids is 1. The summed E-state index contributed by atoms with van der Waals surface area (Å²) in [6.45, 7) is 8.51. The highest BCUT2D eigenvalue weighted by molar-refractivity contribution is 5.85. The number of fused-ring (bicyclic) bond motifs is 1. The third kappa shape index (κ3) is 5.23. The van der Waals surface area contributed by atoms with Crippen LogP contribution in [0, 0.1) is 0 Å². The average Bonchev–Trinajstić information content (AvgIpc) is 2.84. The van der Waals surface area contributed by atoms with E-state index in [1.807, 2.05) is 30.5 Å². The minimum absolute atomic E-state index is 0.278. The molecule has 8 heteroatoms. The highest BCUT2D eigenvalue weighted by Gasteiger charge is 2.19. The number of anilines is 3. The lowest BCUT2D eigenvalue weighted by Gasteiger charge is -2.36. The van der Waals surface area contributed by atoms with Gasteiger partial charge in [0.1, 0.15) is 12.0 Å². The smallest absolute Gasteiger partial charge is 0.227 e. The van der Waals surface area contributed by atoms with Crippen LogP contribution in [0.25, 0.3) is 10.9 Å². The number of aromatic nitrogens is 2. The molecule has 1 aliphatic heterocycles. The van der Waals surface area contributed by atoms with Crippen molar-refractivity contribution in [3.05, 3.63) is 48.2 Å². The summed E-state index contributed by atoms with van der Waals surface area (Å²) in [7, 11) is 1.69. The Balaban J connectivity index is 1.45. The monoisotopic (exact) mass is 448 g/mol. The first-order chi connectivity index (χ1) is 16.0. The summed E-state index contributed by atoms with van der Waals surface area (Å²) in [4.78, 5) is 24.7. The van der Waals surface area contributed by atoms with Crippen LogP contribution in [0.3, 0.4) is 0 Å². The second-order valence-corrected chi connectivity index (χ2v) is 8.73. The van der Waals surface area contributed by atoms with Crippen molar-refractivity contribution in [2.75, 3.05) is 50.1 Å². The predicted molar refractivity (Wildman–Crippen MR) is 133 cm³/mol. The van der Waals surface area contributed by atoms with Crippen molar-refractivity contribution in [3.63, 3.8) is 0 Å². The highest BCUT2D eigenvalue weighted by atomic mass is 16.5. The van der Waals surface area contributed by atoms with Gasteiger partial charge in [-0.15, -0.1) is 0 Å². The molecule has 1 saturated heterocycles. The maximum atomic E-state index is 10.8. The number of piperazine rings is 1. The molecule has 1 atom stereocenters. The van der Waals surface area contributed by atoms with Gasteiger partial charge in [-0.1, -0.05) is 13.8 Å². The van der Waals surface area contributed by atoms with Gasteiger partial charge < -0.3 is 25.5 Å². The van der Waals surface area contributed by atoms with Crippen molar-refractivity contribution >= 4 is 34.5 Å². The summed E-state index contributed by atoms with van der Waals surface area (Å²) in [6, 6.07) is 11.9. The van der Waals surface area contributed by atoms with Crippen LogP contribution in [0.2, 0.25) is 0 Å². The van der Waals surface area contributed by atoms with Gasteiger partial charge in [-0.3, -0.25) is 4.90 Å². The Hall–Kier alpha value is -3.23. The van der Waals surface area contributed by atoms with E-state index in [-0.39, 0.29) is 5.92 Å². The number of carbonyl (C=O) groups is 1. The molecule has 0 radical (unpaired) electrons. The Labute approximate surface area is 194 Å². The molecule has 2 heterocycles. The van der Waals surface area contributed by atoms with E-state index >= 15 is 0 Å². The number of methoxy groups -OCH3 is 1. The maximum Gasteiger partial charge on any atom is 0.227 e. The summed E-state index contributed by atoms with van der Waals surface area (Å²) in [5.74, 6) is 1.69. The zero-order valence-corrected chi connectivity index (χ0v) is 19.5. The molecule has 0 spiro atoms. The fourth-order valence-electron chi connectivity index (χ4n) is 4.31. The molecule has 8 nitrogen and oxygen atoms in total. The maximum absolute atomic E-state index is 10.8. The predicted octanol–water partition coefficient (Wildman–Crippen LogP) is 3.15. The van der Waals surface area contributed by atoms with E-state index in [4.69, 9.17) is 15.5 Å². The molecule has 4 rings (SSSR count). The first-order valence-electron chi connectivity index (χ1n) is 11.4. The van der Waals surface area contributed by atoms with Crippen LogP contribution in [-0.2, 0) is 4.79 Å². The van der Waals surface area contributed by atoms with Gasteiger partial charge in [0.2, 0.25) is 5.95 Å². The van der Waals surface area contributed by atoms with Gasteiger partial charge in [0.05, 0.1) is 18.7 Å². The molecule has 1 aliphatic rings. The number of benzene rings is 2. The molecule has 0 aliphatic carbocycles. The highest BCUT2D eigenvalue weighted by Crippen LogP contribution is 2.33. The Bertz CT molecular complexity index is 1090. The Morgan fingerprint density at radius 2 is 1.85 bits per heavy atom. The Morgan fingerprint density at radius 3 is 2.48 bits per heavy atom. The van der Waals surface area contributed by atoms with Gasteiger partial charge in [0.15, 0.2) is 0 Å². The van der Waals surface area contributed by atoms with Crippen molar-refractivity contribution in [2.45, 2.75) is 25.8 Å². The first kappa shape index (κ1) is 22.9. The van der Waals surface area contributed by atoms with Gasteiger partial charge >= 0.3 is 0 Å². The SMILES string of the molecule is COc1ccc2cnc(Nc3ccc(N4CCN(CC(N)C=O)CC4)cc3)nc2c1C(C)C. The molecule has 174 valence electrons. The molecule has 0 bridgehead atoms. The van der Waals surface area contributed by atoms with E-state index in [1.165, 1.54) is 5.69 Å². The second kappa shape index (κ2) is 10.1. The van der Waals surface area contributed by atoms with Gasteiger partial charge in [-0.05, 0) is 42.3 Å². The molecule has 33 heavy (non-hydrogen) atoms. The summed E-state index contributed by atoms with van der Waals surface area (Å²) >= 11 is 0. The molecule has 0 saturated carbocycles. The first-order valence-corrected chi connectivity index (χ1v) is 11.4. The van der Waals surface area contributed by atoms with Gasteiger partial charge in [-0.2, -0.15) is 0 Å². The van der Waals surface area contributed by atoms with E-state index < -0.39 is 6.04 Å². The van der Waals surface area contributed by atoms with Crippen molar-refractivity contribution < 1.29 is 9.53 Å². The van der Waals surface area contributed by atoms with Crippen LogP contribution < -0.4 is 20.7 Å². The van der Waals surface area contributed by atoms with E-state index in [0.29, 0.717) is 12.5 Å². The third-order valence-electron chi connectivity index (χ3n) is 6.05. The van der Waals surface area contributed by atoms with Crippen molar-refractivity contribution in [3.8, 4) is 5.75 Å². The summed E-state index contributed by atoms with van der Waals surface area (Å²) in [5.41, 5.74) is 9.85. The Kier molecular flexibility index (Phi) is 7.05. The van der Waals surface area contributed by atoms with Gasteiger partial charge in [-0.25, -0.2) is 9.97 Å². The molecular weight excluding hydrogens is 416 g/mol. The van der Waals surface area contributed by atoms with Crippen LogP contribution in [0.15, 0.2) is 42.6 Å². The minimum Gasteiger partial charge on any atom is -0.496 e. The number of hydrogen-bond acceptors (Lipinski definition) is 8. The quantitative estimate of drug-likeness (QED) is 0.508. The summed E-state index contributed by atoms with van der Waals surface area (Å²) in [6.07, 6.45) is 2.66. The van der Waals surface area contributed by atoms with E-state index in [9.17, 15) is 4.79 Å². The van der Waals surface area contributed by atoms with Crippen LogP contribution in [0.5, 0.6) is 5.75 Å². The lowest BCUT2D eigenvalue weighted by molar-refractivity contribution is -0.109.